The Morgan fingerprint density at radius 2 is 2.10 bits per heavy atom. The van der Waals surface area contributed by atoms with Gasteiger partial charge in [-0.15, -0.1) is 10.2 Å². The van der Waals surface area contributed by atoms with Gasteiger partial charge in [-0.25, -0.2) is 0 Å². The van der Waals surface area contributed by atoms with Gasteiger partial charge in [-0.3, -0.25) is 9.59 Å². The van der Waals surface area contributed by atoms with Crippen molar-refractivity contribution in [2.75, 3.05) is 13.1 Å². The summed E-state index contributed by atoms with van der Waals surface area (Å²) in [6.45, 7) is 4.54. The van der Waals surface area contributed by atoms with E-state index < -0.39 is 17.8 Å². The second kappa shape index (κ2) is 6.24. The molecule has 0 aliphatic carbocycles. The predicted octanol–water partition coefficient (Wildman–Crippen LogP) is 0.878. The molecule has 0 radical (unpaired) electrons. The van der Waals surface area contributed by atoms with Crippen LogP contribution in [0.4, 0.5) is 0 Å². The second-order valence-corrected chi connectivity index (χ2v) is 5.84. The summed E-state index contributed by atoms with van der Waals surface area (Å²) in [6.07, 6.45) is 3.53. The van der Waals surface area contributed by atoms with Crippen molar-refractivity contribution in [3.63, 3.8) is 0 Å². The molecule has 2 heterocycles. The van der Waals surface area contributed by atoms with Crippen LogP contribution in [-0.2, 0) is 16.6 Å². The molecule has 0 saturated carbocycles. The molecule has 3 atom stereocenters. The Balaban J connectivity index is 2.05. The highest BCUT2D eigenvalue weighted by atomic mass is 16.4. The molecule has 1 aromatic heterocycles. The lowest BCUT2D eigenvalue weighted by Gasteiger charge is -2.34. The van der Waals surface area contributed by atoms with Gasteiger partial charge in [-0.1, -0.05) is 13.8 Å². The summed E-state index contributed by atoms with van der Waals surface area (Å²) < 4.78 is 1.88. The number of carbonyl (C=O) groups is 2. The number of nitrogens with zero attached hydrogens (tertiary/aromatic N) is 4. The number of carboxylic acid groups (broad SMARTS) is 1. The van der Waals surface area contributed by atoms with E-state index in [-0.39, 0.29) is 11.8 Å². The molecule has 1 aromatic rings. The SMILES string of the molecule is CC(C(=O)O)C(C)C(=O)N1CCCC(c2nncn2C)C1. The van der Waals surface area contributed by atoms with E-state index in [1.807, 2.05) is 11.6 Å². The zero-order chi connectivity index (χ0) is 15.6. The van der Waals surface area contributed by atoms with E-state index in [1.165, 1.54) is 0 Å². The zero-order valence-electron chi connectivity index (χ0n) is 12.7. The van der Waals surface area contributed by atoms with Gasteiger partial charge in [0.15, 0.2) is 0 Å². The highest BCUT2D eigenvalue weighted by molar-refractivity contribution is 5.84. The lowest BCUT2D eigenvalue weighted by Crippen LogP contribution is -2.44. The molecule has 0 bridgehead atoms. The van der Waals surface area contributed by atoms with E-state index in [4.69, 9.17) is 5.11 Å². The highest BCUT2D eigenvalue weighted by Gasteiger charge is 2.33. The number of aromatic nitrogens is 3. The van der Waals surface area contributed by atoms with Crippen molar-refractivity contribution in [3.8, 4) is 0 Å². The maximum absolute atomic E-state index is 12.5. The van der Waals surface area contributed by atoms with E-state index in [1.54, 1.807) is 25.1 Å². The van der Waals surface area contributed by atoms with Crippen molar-refractivity contribution in [2.45, 2.75) is 32.6 Å². The molecule has 116 valence electrons. The Hall–Kier alpha value is -1.92. The highest BCUT2D eigenvalue weighted by Crippen LogP contribution is 2.27. The molecule has 1 saturated heterocycles. The quantitative estimate of drug-likeness (QED) is 0.890. The standard InChI is InChI=1S/C14H22N4O3/c1-9(10(2)14(20)21)13(19)18-6-4-5-11(7-18)12-16-15-8-17(12)3/h8-11H,4-7H2,1-3H3,(H,20,21). The lowest BCUT2D eigenvalue weighted by molar-refractivity contribution is -0.149. The number of carboxylic acids is 1. The molecule has 3 unspecified atom stereocenters. The van der Waals surface area contributed by atoms with Crippen LogP contribution in [0.3, 0.4) is 0 Å². The minimum atomic E-state index is -0.933. The summed E-state index contributed by atoms with van der Waals surface area (Å²) in [4.78, 5) is 25.3. The summed E-state index contributed by atoms with van der Waals surface area (Å²) in [5.41, 5.74) is 0. The summed E-state index contributed by atoms with van der Waals surface area (Å²) >= 11 is 0. The van der Waals surface area contributed by atoms with Crippen LogP contribution >= 0.6 is 0 Å². The third kappa shape index (κ3) is 3.22. The number of hydrogen-bond acceptors (Lipinski definition) is 4. The molecular formula is C14H22N4O3. The van der Waals surface area contributed by atoms with Gasteiger partial charge in [0.1, 0.15) is 12.2 Å². The van der Waals surface area contributed by atoms with E-state index in [2.05, 4.69) is 10.2 Å². The van der Waals surface area contributed by atoms with Crippen LogP contribution in [0.1, 0.15) is 38.4 Å². The largest absolute Gasteiger partial charge is 0.481 e. The maximum atomic E-state index is 12.5. The molecule has 1 N–H and O–H groups in total. The van der Waals surface area contributed by atoms with E-state index in [0.717, 1.165) is 18.7 Å². The van der Waals surface area contributed by atoms with Crippen LogP contribution in [0, 0.1) is 11.8 Å². The molecule has 2 rings (SSSR count). The molecule has 7 heteroatoms. The molecule has 7 nitrogen and oxygen atoms in total. The first-order chi connectivity index (χ1) is 9.91. The van der Waals surface area contributed by atoms with Gasteiger partial charge in [0, 0.05) is 32.0 Å². The molecule has 21 heavy (non-hydrogen) atoms. The van der Waals surface area contributed by atoms with Crippen molar-refractivity contribution >= 4 is 11.9 Å². The molecule has 1 amide bonds. The number of hydrogen-bond donors (Lipinski definition) is 1. The minimum absolute atomic E-state index is 0.0863. The van der Waals surface area contributed by atoms with Crippen LogP contribution in [0.5, 0.6) is 0 Å². The maximum Gasteiger partial charge on any atom is 0.307 e. The predicted molar refractivity (Wildman–Crippen MR) is 75.5 cm³/mol. The fraction of sp³-hybridized carbons (Fsp3) is 0.714. The van der Waals surface area contributed by atoms with Crippen molar-refractivity contribution < 1.29 is 14.7 Å². The Labute approximate surface area is 124 Å². The van der Waals surface area contributed by atoms with Crippen LogP contribution in [0.2, 0.25) is 0 Å². The molecular weight excluding hydrogens is 272 g/mol. The third-order valence-electron chi connectivity index (χ3n) is 4.37. The van der Waals surface area contributed by atoms with Gasteiger partial charge in [0.25, 0.3) is 0 Å². The summed E-state index contributed by atoms with van der Waals surface area (Å²) in [7, 11) is 1.89. The number of likely N-dealkylation sites (tertiary alicyclic amines) is 1. The van der Waals surface area contributed by atoms with Crippen molar-refractivity contribution in [2.24, 2.45) is 18.9 Å². The number of piperidine rings is 1. The first-order valence-corrected chi connectivity index (χ1v) is 7.27. The number of aryl methyl sites for hydroxylation is 1. The smallest absolute Gasteiger partial charge is 0.307 e. The number of rotatable bonds is 4. The van der Waals surface area contributed by atoms with Gasteiger partial charge in [-0.05, 0) is 12.8 Å². The van der Waals surface area contributed by atoms with E-state index >= 15 is 0 Å². The van der Waals surface area contributed by atoms with Crippen LogP contribution in [-0.4, -0.2) is 49.7 Å². The average Bonchev–Trinajstić information content (AvgIpc) is 2.91. The zero-order valence-corrected chi connectivity index (χ0v) is 12.7. The average molecular weight is 294 g/mol. The summed E-state index contributed by atoms with van der Waals surface area (Å²) in [5, 5.41) is 17.1. The Morgan fingerprint density at radius 3 is 2.67 bits per heavy atom. The minimum Gasteiger partial charge on any atom is -0.481 e. The van der Waals surface area contributed by atoms with E-state index in [9.17, 15) is 9.59 Å². The van der Waals surface area contributed by atoms with Gasteiger partial charge in [0.05, 0.1) is 5.92 Å². The number of amides is 1. The topological polar surface area (TPSA) is 88.3 Å². The van der Waals surface area contributed by atoms with Gasteiger partial charge < -0.3 is 14.6 Å². The van der Waals surface area contributed by atoms with Gasteiger partial charge in [0.2, 0.25) is 5.91 Å². The molecule has 1 aliphatic rings. The van der Waals surface area contributed by atoms with Crippen LogP contribution in [0.25, 0.3) is 0 Å². The lowest BCUT2D eigenvalue weighted by atomic mass is 9.91. The Kier molecular flexibility index (Phi) is 4.59. The number of aliphatic carboxylic acids is 1. The molecule has 1 fully saturated rings. The Bertz CT molecular complexity index is 528. The molecule has 0 aromatic carbocycles. The first kappa shape index (κ1) is 15.5. The van der Waals surface area contributed by atoms with E-state index in [0.29, 0.717) is 13.1 Å². The normalized spacial score (nSPS) is 21.9. The van der Waals surface area contributed by atoms with Gasteiger partial charge >= 0.3 is 5.97 Å². The van der Waals surface area contributed by atoms with Crippen molar-refractivity contribution in [1.82, 2.24) is 19.7 Å². The first-order valence-electron chi connectivity index (χ1n) is 7.27. The fourth-order valence-electron chi connectivity index (χ4n) is 2.77. The van der Waals surface area contributed by atoms with Crippen LogP contribution < -0.4 is 0 Å². The summed E-state index contributed by atoms with van der Waals surface area (Å²) in [5.74, 6) is -1.16. The molecule has 1 aliphatic heterocycles. The molecule has 0 spiro atoms. The number of carbonyl (C=O) groups excluding carboxylic acids is 1. The fourth-order valence-corrected chi connectivity index (χ4v) is 2.77. The Morgan fingerprint density at radius 1 is 1.38 bits per heavy atom. The monoisotopic (exact) mass is 294 g/mol. The summed E-state index contributed by atoms with van der Waals surface area (Å²) in [6, 6.07) is 0. The van der Waals surface area contributed by atoms with Crippen molar-refractivity contribution in [3.05, 3.63) is 12.2 Å². The van der Waals surface area contributed by atoms with Crippen LogP contribution in [0.15, 0.2) is 6.33 Å². The third-order valence-corrected chi connectivity index (χ3v) is 4.37. The van der Waals surface area contributed by atoms with Crippen molar-refractivity contribution in [1.29, 1.82) is 0 Å². The van der Waals surface area contributed by atoms with Gasteiger partial charge in [-0.2, -0.15) is 0 Å². The second-order valence-electron chi connectivity index (χ2n) is 5.84.